The molecular weight excluding hydrogens is 238 g/mol. The maximum atomic E-state index is 11.6. The maximum absolute atomic E-state index is 11.6. The Balaban J connectivity index is 1.81. The Morgan fingerprint density at radius 3 is 2.42 bits per heavy atom. The first-order valence-electron chi connectivity index (χ1n) is 8.21. The molecular formula is C16H31NO2. The molecule has 0 aromatic carbocycles. The molecule has 1 unspecified atom stereocenters. The van der Waals surface area contributed by atoms with Crippen LogP contribution in [-0.2, 0) is 9.53 Å². The molecule has 0 saturated carbocycles. The molecule has 3 nitrogen and oxygen atoms in total. The highest BCUT2D eigenvalue weighted by molar-refractivity contribution is 5.75. The predicted molar refractivity (Wildman–Crippen MR) is 79.2 cm³/mol. The van der Waals surface area contributed by atoms with Crippen LogP contribution in [0.3, 0.4) is 0 Å². The van der Waals surface area contributed by atoms with Gasteiger partial charge in [-0.05, 0) is 19.3 Å². The van der Waals surface area contributed by atoms with Gasteiger partial charge in [-0.3, -0.25) is 4.79 Å². The summed E-state index contributed by atoms with van der Waals surface area (Å²) in [4.78, 5) is 11.6. The average molecular weight is 269 g/mol. The van der Waals surface area contributed by atoms with E-state index in [0.717, 1.165) is 25.9 Å². The zero-order valence-electron chi connectivity index (χ0n) is 12.6. The Morgan fingerprint density at radius 2 is 1.79 bits per heavy atom. The van der Waals surface area contributed by atoms with Gasteiger partial charge in [0.15, 0.2) is 0 Å². The number of hydrogen-bond donors (Lipinski definition) is 1. The van der Waals surface area contributed by atoms with Gasteiger partial charge in [0.2, 0.25) is 5.91 Å². The van der Waals surface area contributed by atoms with E-state index in [-0.39, 0.29) is 12.0 Å². The summed E-state index contributed by atoms with van der Waals surface area (Å²) in [6.45, 7) is 3.81. The minimum Gasteiger partial charge on any atom is -0.376 e. The Hall–Kier alpha value is -0.570. The molecule has 0 bridgehead atoms. The van der Waals surface area contributed by atoms with Crippen LogP contribution in [0, 0.1) is 0 Å². The first kappa shape index (κ1) is 16.5. The number of carbonyl (C=O) groups excluding carboxylic acids is 1. The molecule has 1 aliphatic heterocycles. The third kappa shape index (κ3) is 9.04. The largest absolute Gasteiger partial charge is 0.376 e. The van der Waals surface area contributed by atoms with E-state index in [0.29, 0.717) is 13.0 Å². The van der Waals surface area contributed by atoms with Crippen LogP contribution in [0.15, 0.2) is 0 Å². The van der Waals surface area contributed by atoms with Gasteiger partial charge in [0.1, 0.15) is 0 Å². The van der Waals surface area contributed by atoms with Crippen LogP contribution < -0.4 is 5.32 Å². The number of unbranched alkanes of at least 4 members (excludes halogenated alkanes) is 7. The highest BCUT2D eigenvalue weighted by Crippen LogP contribution is 2.11. The van der Waals surface area contributed by atoms with Gasteiger partial charge < -0.3 is 10.1 Å². The summed E-state index contributed by atoms with van der Waals surface area (Å²) in [5.74, 6) is 0.196. The third-order valence-electron chi connectivity index (χ3n) is 3.81. The fraction of sp³-hybridized carbons (Fsp3) is 0.938. The topological polar surface area (TPSA) is 38.3 Å². The molecule has 1 aliphatic rings. The Bertz CT molecular complexity index is 225. The molecule has 3 heteroatoms. The van der Waals surface area contributed by atoms with Crippen LogP contribution >= 0.6 is 0 Å². The van der Waals surface area contributed by atoms with Gasteiger partial charge in [-0.1, -0.05) is 51.9 Å². The predicted octanol–water partition coefficient (Wildman–Crippen LogP) is 3.81. The molecule has 1 saturated heterocycles. The SMILES string of the molecule is CCCCCCCCCCC(=O)NCC1CCCO1. The first-order valence-corrected chi connectivity index (χ1v) is 8.21. The lowest BCUT2D eigenvalue weighted by molar-refractivity contribution is -0.121. The number of nitrogens with one attached hydrogen (secondary N) is 1. The minimum absolute atomic E-state index is 0.196. The van der Waals surface area contributed by atoms with E-state index in [9.17, 15) is 4.79 Å². The van der Waals surface area contributed by atoms with Gasteiger partial charge in [-0.15, -0.1) is 0 Å². The van der Waals surface area contributed by atoms with E-state index in [1.54, 1.807) is 0 Å². The maximum Gasteiger partial charge on any atom is 0.220 e. The molecule has 1 fully saturated rings. The van der Waals surface area contributed by atoms with Gasteiger partial charge in [-0.25, -0.2) is 0 Å². The smallest absolute Gasteiger partial charge is 0.220 e. The molecule has 1 rings (SSSR count). The van der Waals surface area contributed by atoms with Crippen LogP contribution in [0.25, 0.3) is 0 Å². The third-order valence-corrected chi connectivity index (χ3v) is 3.81. The second kappa shape index (κ2) is 11.3. The van der Waals surface area contributed by atoms with E-state index in [1.165, 1.54) is 44.9 Å². The Labute approximate surface area is 118 Å². The number of hydrogen-bond acceptors (Lipinski definition) is 2. The molecule has 112 valence electrons. The molecule has 19 heavy (non-hydrogen) atoms. The molecule has 0 radical (unpaired) electrons. The van der Waals surface area contributed by atoms with Crippen molar-refractivity contribution in [3.63, 3.8) is 0 Å². The zero-order valence-corrected chi connectivity index (χ0v) is 12.6. The minimum atomic E-state index is 0.196. The zero-order chi connectivity index (χ0) is 13.8. The number of ether oxygens (including phenoxy) is 1. The van der Waals surface area contributed by atoms with Gasteiger partial charge in [0, 0.05) is 19.6 Å². The molecule has 1 heterocycles. The number of amides is 1. The summed E-state index contributed by atoms with van der Waals surface area (Å²) < 4.78 is 5.48. The van der Waals surface area contributed by atoms with Crippen molar-refractivity contribution in [2.75, 3.05) is 13.2 Å². The number of rotatable bonds is 11. The second-order valence-corrected chi connectivity index (χ2v) is 5.66. The molecule has 1 N–H and O–H groups in total. The summed E-state index contributed by atoms with van der Waals surface area (Å²) >= 11 is 0. The lowest BCUT2D eigenvalue weighted by Crippen LogP contribution is -2.31. The number of carbonyl (C=O) groups is 1. The van der Waals surface area contributed by atoms with E-state index in [1.807, 2.05) is 0 Å². The quantitative estimate of drug-likeness (QED) is 0.579. The summed E-state index contributed by atoms with van der Waals surface area (Å²) in [6, 6.07) is 0. The molecule has 0 aromatic rings. The van der Waals surface area contributed by atoms with Crippen LogP contribution in [-0.4, -0.2) is 25.2 Å². The highest BCUT2D eigenvalue weighted by Gasteiger charge is 2.15. The van der Waals surface area contributed by atoms with E-state index in [4.69, 9.17) is 4.74 Å². The Kier molecular flexibility index (Phi) is 9.78. The molecule has 0 aromatic heterocycles. The Morgan fingerprint density at radius 1 is 1.11 bits per heavy atom. The van der Waals surface area contributed by atoms with E-state index in [2.05, 4.69) is 12.2 Å². The summed E-state index contributed by atoms with van der Waals surface area (Å²) in [7, 11) is 0. The van der Waals surface area contributed by atoms with Gasteiger partial charge in [-0.2, -0.15) is 0 Å². The van der Waals surface area contributed by atoms with E-state index < -0.39 is 0 Å². The van der Waals surface area contributed by atoms with Crippen molar-refractivity contribution in [2.24, 2.45) is 0 Å². The van der Waals surface area contributed by atoms with Crippen molar-refractivity contribution in [3.05, 3.63) is 0 Å². The van der Waals surface area contributed by atoms with Crippen molar-refractivity contribution in [2.45, 2.75) is 83.7 Å². The van der Waals surface area contributed by atoms with Crippen molar-refractivity contribution >= 4 is 5.91 Å². The first-order chi connectivity index (χ1) is 9.33. The lowest BCUT2D eigenvalue weighted by Gasteiger charge is -2.10. The summed E-state index contributed by atoms with van der Waals surface area (Å²) in [5, 5.41) is 2.98. The van der Waals surface area contributed by atoms with Crippen LogP contribution in [0.1, 0.15) is 77.6 Å². The second-order valence-electron chi connectivity index (χ2n) is 5.66. The van der Waals surface area contributed by atoms with Crippen molar-refractivity contribution < 1.29 is 9.53 Å². The van der Waals surface area contributed by atoms with Crippen LogP contribution in [0.2, 0.25) is 0 Å². The summed E-state index contributed by atoms with van der Waals surface area (Å²) in [6.07, 6.45) is 13.4. The molecule has 1 amide bonds. The van der Waals surface area contributed by atoms with Gasteiger partial charge in [0.25, 0.3) is 0 Å². The van der Waals surface area contributed by atoms with Crippen molar-refractivity contribution in [1.82, 2.24) is 5.32 Å². The van der Waals surface area contributed by atoms with Crippen LogP contribution in [0.4, 0.5) is 0 Å². The van der Waals surface area contributed by atoms with Gasteiger partial charge >= 0.3 is 0 Å². The summed E-state index contributed by atoms with van der Waals surface area (Å²) in [5.41, 5.74) is 0. The van der Waals surface area contributed by atoms with Crippen molar-refractivity contribution in [1.29, 1.82) is 0 Å². The molecule has 0 spiro atoms. The van der Waals surface area contributed by atoms with Crippen LogP contribution in [0.5, 0.6) is 0 Å². The molecule has 0 aliphatic carbocycles. The standard InChI is InChI=1S/C16H31NO2/c1-2-3-4-5-6-7-8-9-12-16(18)17-14-15-11-10-13-19-15/h15H,2-14H2,1H3,(H,17,18). The average Bonchev–Trinajstić information content (AvgIpc) is 2.93. The monoisotopic (exact) mass is 269 g/mol. The fourth-order valence-electron chi connectivity index (χ4n) is 2.54. The van der Waals surface area contributed by atoms with E-state index >= 15 is 0 Å². The molecule has 1 atom stereocenters. The normalized spacial score (nSPS) is 18.7. The fourth-order valence-corrected chi connectivity index (χ4v) is 2.54. The lowest BCUT2D eigenvalue weighted by atomic mass is 10.1. The van der Waals surface area contributed by atoms with Crippen molar-refractivity contribution in [3.8, 4) is 0 Å². The highest BCUT2D eigenvalue weighted by atomic mass is 16.5. The van der Waals surface area contributed by atoms with Gasteiger partial charge in [0.05, 0.1) is 6.10 Å².